The van der Waals surface area contributed by atoms with E-state index in [-0.39, 0.29) is 11.1 Å². The Balaban J connectivity index is 2.38. The summed E-state index contributed by atoms with van der Waals surface area (Å²) < 4.78 is 1.46. The molecule has 0 aliphatic carbocycles. The molecule has 2 aromatic rings. The van der Waals surface area contributed by atoms with Crippen molar-refractivity contribution in [3.8, 4) is 5.69 Å². The number of nitro groups is 1. The highest BCUT2D eigenvalue weighted by Crippen LogP contribution is 2.19. The van der Waals surface area contributed by atoms with Crippen LogP contribution in [-0.4, -0.2) is 19.9 Å². The van der Waals surface area contributed by atoms with Gasteiger partial charge in [-0.3, -0.25) is 10.1 Å². The van der Waals surface area contributed by atoms with E-state index in [0.717, 1.165) is 0 Å². The number of nitrogens with zero attached hydrogens (tertiary/aromatic N) is 4. The van der Waals surface area contributed by atoms with Gasteiger partial charge in [-0.2, -0.15) is 0 Å². The van der Waals surface area contributed by atoms with Crippen molar-refractivity contribution < 1.29 is 4.92 Å². The fraction of sp³-hybridized carbons (Fsp3) is 0.200. The molecule has 0 saturated carbocycles. The summed E-state index contributed by atoms with van der Waals surface area (Å²) in [6.07, 6.45) is 1.65. The van der Waals surface area contributed by atoms with Crippen LogP contribution in [0.15, 0.2) is 30.5 Å². The molecule has 0 bridgehead atoms. The lowest BCUT2D eigenvalue weighted by atomic mass is 10.3. The number of rotatable bonds is 3. The Morgan fingerprint density at radius 3 is 2.88 bits per heavy atom. The first-order valence-corrected chi connectivity index (χ1v) is 5.32. The van der Waals surface area contributed by atoms with E-state index in [2.05, 4.69) is 10.3 Å². The Morgan fingerprint density at radius 1 is 1.53 bits per heavy atom. The molecule has 0 aliphatic rings. The van der Waals surface area contributed by atoms with Gasteiger partial charge in [0.1, 0.15) is 5.69 Å². The Kier molecular flexibility index (Phi) is 3.06. The molecule has 2 rings (SSSR count). The molecular weight excluding hydrogens is 244 g/mol. The molecule has 0 amide bonds. The smallest absolute Gasteiger partial charge is 0.258 e. The van der Waals surface area contributed by atoms with E-state index in [1.54, 1.807) is 25.3 Å². The normalized spacial score (nSPS) is 12.4. The van der Waals surface area contributed by atoms with Gasteiger partial charge in [-0.1, -0.05) is 11.3 Å². The fourth-order valence-corrected chi connectivity index (χ4v) is 1.43. The minimum atomic E-state index is -0.453. The number of non-ortho nitro benzene ring substituents is 1. The van der Waals surface area contributed by atoms with Crippen LogP contribution in [0.3, 0.4) is 0 Å². The third kappa shape index (κ3) is 2.42. The van der Waals surface area contributed by atoms with Crippen molar-refractivity contribution in [3.63, 3.8) is 0 Å². The van der Waals surface area contributed by atoms with Gasteiger partial charge in [-0.15, -0.1) is 16.7 Å². The molecule has 7 heteroatoms. The number of aromatic nitrogens is 3. The lowest BCUT2D eigenvalue weighted by Gasteiger charge is -1.99. The average Bonchev–Trinajstić information content (AvgIpc) is 2.78. The van der Waals surface area contributed by atoms with Gasteiger partial charge < -0.3 is 0 Å². The van der Waals surface area contributed by atoms with Crippen LogP contribution in [-0.2, 0) is 0 Å². The zero-order valence-electron chi connectivity index (χ0n) is 8.95. The van der Waals surface area contributed by atoms with Gasteiger partial charge in [0.05, 0.1) is 22.2 Å². The summed E-state index contributed by atoms with van der Waals surface area (Å²) in [5.41, 5.74) is 1.21. The molecule has 1 heterocycles. The van der Waals surface area contributed by atoms with Crippen LogP contribution in [0.2, 0.25) is 0 Å². The summed E-state index contributed by atoms with van der Waals surface area (Å²) in [4.78, 5) is 10.2. The van der Waals surface area contributed by atoms with Crippen molar-refractivity contribution in [2.45, 2.75) is 12.3 Å². The Hall–Kier alpha value is -1.95. The number of benzene rings is 1. The minimum Gasteiger partial charge on any atom is -0.258 e. The number of nitro benzene ring substituents is 1. The van der Waals surface area contributed by atoms with Gasteiger partial charge in [0.25, 0.3) is 5.69 Å². The maximum Gasteiger partial charge on any atom is 0.271 e. The van der Waals surface area contributed by atoms with Crippen LogP contribution in [0.1, 0.15) is 18.0 Å². The standard InChI is InChI=1S/C10H9ClN4O2/c1-7(11)10-6-14(13-12-10)8-3-2-4-9(5-8)15(16)17/h2-7H,1H3. The maximum atomic E-state index is 10.6. The lowest BCUT2D eigenvalue weighted by Crippen LogP contribution is -1.96. The van der Waals surface area contributed by atoms with Gasteiger partial charge in [0.15, 0.2) is 0 Å². The molecular formula is C10H9ClN4O2. The molecule has 0 saturated heterocycles. The monoisotopic (exact) mass is 252 g/mol. The molecule has 0 spiro atoms. The van der Waals surface area contributed by atoms with Gasteiger partial charge in [-0.05, 0) is 13.0 Å². The molecule has 6 nitrogen and oxygen atoms in total. The lowest BCUT2D eigenvalue weighted by molar-refractivity contribution is -0.384. The van der Waals surface area contributed by atoms with Gasteiger partial charge in [-0.25, -0.2) is 4.68 Å². The largest absolute Gasteiger partial charge is 0.271 e. The SMILES string of the molecule is CC(Cl)c1cn(-c2cccc([N+](=O)[O-])c2)nn1. The highest BCUT2D eigenvalue weighted by molar-refractivity contribution is 6.20. The van der Waals surface area contributed by atoms with Crippen LogP contribution in [0.5, 0.6) is 0 Å². The van der Waals surface area contributed by atoms with E-state index < -0.39 is 4.92 Å². The third-order valence-corrected chi connectivity index (χ3v) is 2.45. The first-order chi connectivity index (χ1) is 8.08. The highest BCUT2D eigenvalue weighted by Gasteiger charge is 2.10. The molecule has 1 aromatic carbocycles. The van der Waals surface area contributed by atoms with E-state index in [4.69, 9.17) is 11.6 Å². The van der Waals surface area contributed by atoms with Crippen LogP contribution in [0, 0.1) is 10.1 Å². The van der Waals surface area contributed by atoms with Gasteiger partial charge >= 0.3 is 0 Å². The summed E-state index contributed by atoms with van der Waals surface area (Å²) in [5, 5.41) is 18.1. The Morgan fingerprint density at radius 2 is 2.29 bits per heavy atom. The van der Waals surface area contributed by atoms with E-state index in [0.29, 0.717) is 11.4 Å². The van der Waals surface area contributed by atoms with Crippen molar-refractivity contribution in [3.05, 3.63) is 46.3 Å². The summed E-state index contributed by atoms with van der Waals surface area (Å²) in [7, 11) is 0. The number of hydrogen-bond acceptors (Lipinski definition) is 4. The molecule has 1 aromatic heterocycles. The van der Waals surface area contributed by atoms with Gasteiger partial charge in [0.2, 0.25) is 0 Å². The Bertz CT molecular complexity index is 553. The van der Waals surface area contributed by atoms with Crippen LogP contribution in [0.4, 0.5) is 5.69 Å². The van der Waals surface area contributed by atoms with E-state index in [1.807, 2.05) is 0 Å². The second-order valence-electron chi connectivity index (χ2n) is 3.48. The predicted molar refractivity (Wildman–Crippen MR) is 62.3 cm³/mol. The predicted octanol–water partition coefficient (Wildman–Crippen LogP) is 2.48. The van der Waals surface area contributed by atoms with Crippen LogP contribution >= 0.6 is 11.6 Å². The van der Waals surface area contributed by atoms with E-state index in [9.17, 15) is 10.1 Å². The third-order valence-electron chi connectivity index (χ3n) is 2.22. The molecule has 0 N–H and O–H groups in total. The number of halogens is 1. The summed E-state index contributed by atoms with van der Waals surface area (Å²) in [5.74, 6) is 0. The van der Waals surface area contributed by atoms with Crippen molar-refractivity contribution in [2.24, 2.45) is 0 Å². The zero-order valence-corrected chi connectivity index (χ0v) is 9.70. The first kappa shape index (κ1) is 11.5. The second kappa shape index (κ2) is 4.50. The maximum absolute atomic E-state index is 10.6. The Labute approximate surface area is 102 Å². The van der Waals surface area contributed by atoms with E-state index in [1.165, 1.54) is 16.8 Å². The number of hydrogen-bond donors (Lipinski definition) is 0. The molecule has 0 radical (unpaired) electrons. The summed E-state index contributed by atoms with van der Waals surface area (Å²) in [6.45, 7) is 1.78. The van der Waals surface area contributed by atoms with Gasteiger partial charge in [0, 0.05) is 12.1 Å². The summed E-state index contributed by atoms with van der Waals surface area (Å²) >= 11 is 5.86. The van der Waals surface area contributed by atoms with Crippen molar-refractivity contribution >= 4 is 17.3 Å². The number of alkyl halides is 1. The van der Waals surface area contributed by atoms with E-state index >= 15 is 0 Å². The quantitative estimate of drug-likeness (QED) is 0.478. The zero-order chi connectivity index (χ0) is 12.4. The van der Waals surface area contributed by atoms with Crippen LogP contribution in [0.25, 0.3) is 5.69 Å². The molecule has 0 fully saturated rings. The second-order valence-corrected chi connectivity index (χ2v) is 4.14. The molecule has 88 valence electrons. The van der Waals surface area contributed by atoms with Crippen molar-refractivity contribution in [1.29, 1.82) is 0 Å². The van der Waals surface area contributed by atoms with Crippen LogP contribution < -0.4 is 0 Å². The molecule has 1 atom stereocenters. The van der Waals surface area contributed by atoms with Crippen molar-refractivity contribution in [2.75, 3.05) is 0 Å². The molecule has 1 unspecified atom stereocenters. The molecule has 17 heavy (non-hydrogen) atoms. The minimum absolute atomic E-state index is 0.0125. The average molecular weight is 253 g/mol. The highest BCUT2D eigenvalue weighted by atomic mass is 35.5. The first-order valence-electron chi connectivity index (χ1n) is 4.89. The summed E-state index contributed by atoms with van der Waals surface area (Å²) in [6, 6.07) is 6.16. The fourth-order valence-electron chi connectivity index (χ4n) is 1.33. The topological polar surface area (TPSA) is 73.8 Å². The van der Waals surface area contributed by atoms with Crippen molar-refractivity contribution in [1.82, 2.24) is 15.0 Å². The molecule has 0 aliphatic heterocycles.